The van der Waals surface area contributed by atoms with Crippen molar-refractivity contribution in [1.82, 2.24) is 15.0 Å². The number of methoxy groups -OCH3 is 1. The van der Waals surface area contributed by atoms with E-state index in [0.29, 0.717) is 11.4 Å². The molecule has 7 heteroatoms. The van der Waals surface area contributed by atoms with E-state index in [2.05, 4.69) is 15.6 Å². The maximum Gasteiger partial charge on any atom is 0.339 e. The Morgan fingerprint density at radius 1 is 0.867 bits per heavy atom. The number of carbonyl (C=O) groups is 2. The first-order chi connectivity index (χ1) is 14.7. The number of benzene rings is 3. The number of nitrogens with zero attached hydrogens (tertiary/aromatic N) is 3. The quantitative estimate of drug-likeness (QED) is 0.514. The van der Waals surface area contributed by atoms with Gasteiger partial charge in [0.2, 0.25) is 0 Å². The Balaban J connectivity index is 1.78. The Labute approximate surface area is 172 Å². The topological polar surface area (TPSA) is 86.1 Å². The van der Waals surface area contributed by atoms with Gasteiger partial charge in [0.05, 0.1) is 24.0 Å². The Morgan fingerprint density at radius 2 is 1.50 bits per heavy atom. The third-order valence-electron chi connectivity index (χ3n) is 4.51. The number of rotatable bonds is 5. The summed E-state index contributed by atoms with van der Waals surface area (Å²) < 4.78 is 6.42. The minimum absolute atomic E-state index is 0.143. The minimum atomic E-state index is -0.540. The molecule has 1 amide bonds. The van der Waals surface area contributed by atoms with Crippen LogP contribution in [0.5, 0.6) is 0 Å². The van der Waals surface area contributed by atoms with Gasteiger partial charge in [0, 0.05) is 5.56 Å². The number of anilines is 1. The van der Waals surface area contributed by atoms with E-state index in [9.17, 15) is 9.59 Å². The lowest BCUT2D eigenvalue weighted by atomic mass is 10.1. The van der Waals surface area contributed by atoms with E-state index in [1.54, 1.807) is 28.9 Å². The molecule has 4 rings (SSSR count). The number of hydrogen-bond acceptors (Lipinski definition) is 5. The maximum absolute atomic E-state index is 13.1. The second-order valence-corrected chi connectivity index (χ2v) is 6.39. The predicted molar refractivity (Wildman–Crippen MR) is 113 cm³/mol. The normalized spacial score (nSPS) is 10.4. The van der Waals surface area contributed by atoms with Crippen LogP contribution >= 0.6 is 0 Å². The van der Waals surface area contributed by atoms with Crippen molar-refractivity contribution in [2.24, 2.45) is 0 Å². The molecule has 1 heterocycles. The number of ether oxygens (including phenoxy) is 1. The molecule has 0 spiro atoms. The summed E-state index contributed by atoms with van der Waals surface area (Å²) in [6.07, 6.45) is 0. The molecule has 0 radical (unpaired) electrons. The summed E-state index contributed by atoms with van der Waals surface area (Å²) in [7, 11) is 1.29. The number of carbonyl (C=O) groups excluding carboxylic acids is 2. The van der Waals surface area contributed by atoms with Gasteiger partial charge in [-0.25, -0.2) is 9.48 Å². The number of aromatic nitrogens is 3. The largest absolute Gasteiger partial charge is 0.465 e. The molecule has 148 valence electrons. The molecule has 7 nitrogen and oxygen atoms in total. The second kappa shape index (κ2) is 8.40. The molecule has 0 saturated heterocycles. The number of esters is 1. The van der Waals surface area contributed by atoms with Crippen LogP contribution in [0.2, 0.25) is 0 Å². The van der Waals surface area contributed by atoms with Crippen molar-refractivity contribution in [2.75, 3.05) is 12.4 Å². The van der Waals surface area contributed by atoms with Gasteiger partial charge >= 0.3 is 5.97 Å². The molecular weight excluding hydrogens is 380 g/mol. The van der Waals surface area contributed by atoms with E-state index in [1.807, 2.05) is 60.7 Å². The lowest BCUT2D eigenvalue weighted by Gasteiger charge is -2.10. The monoisotopic (exact) mass is 398 g/mol. The highest BCUT2D eigenvalue weighted by atomic mass is 16.5. The summed E-state index contributed by atoms with van der Waals surface area (Å²) in [5.41, 5.74) is 2.85. The summed E-state index contributed by atoms with van der Waals surface area (Å²) in [5, 5.41) is 11.1. The molecule has 1 aromatic heterocycles. The Morgan fingerprint density at radius 3 is 2.20 bits per heavy atom. The smallest absolute Gasteiger partial charge is 0.339 e. The second-order valence-electron chi connectivity index (χ2n) is 6.39. The summed E-state index contributed by atoms with van der Waals surface area (Å²) in [5.74, 6) is -1.02. The van der Waals surface area contributed by atoms with Crippen LogP contribution in [0.3, 0.4) is 0 Å². The molecule has 0 aliphatic carbocycles. The van der Waals surface area contributed by atoms with Crippen LogP contribution in [0.15, 0.2) is 84.9 Å². The van der Waals surface area contributed by atoms with Crippen molar-refractivity contribution in [2.45, 2.75) is 0 Å². The third kappa shape index (κ3) is 3.68. The highest BCUT2D eigenvalue weighted by molar-refractivity contribution is 6.09. The summed E-state index contributed by atoms with van der Waals surface area (Å²) in [4.78, 5) is 25.2. The van der Waals surface area contributed by atoms with Crippen LogP contribution < -0.4 is 5.32 Å². The molecule has 0 aliphatic heterocycles. The van der Waals surface area contributed by atoms with Gasteiger partial charge in [-0.3, -0.25) is 4.79 Å². The Hall–Kier alpha value is -4.26. The highest BCUT2D eigenvalue weighted by Gasteiger charge is 2.23. The Bertz CT molecular complexity index is 1190. The van der Waals surface area contributed by atoms with E-state index in [4.69, 9.17) is 4.74 Å². The fraction of sp³-hybridized carbons (Fsp3) is 0.0435. The first-order valence-corrected chi connectivity index (χ1v) is 9.24. The zero-order valence-electron chi connectivity index (χ0n) is 16.1. The molecule has 3 aromatic carbocycles. The zero-order valence-corrected chi connectivity index (χ0v) is 16.1. The number of nitrogens with one attached hydrogen (secondary N) is 1. The molecule has 4 aromatic rings. The van der Waals surface area contributed by atoms with Crippen molar-refractivity contribution >= 4 is 17.6 Å². The summed E-state index contributed by atoms with van der Waals surface area (Å²) in [6.45, 7) is 0. The fourth-order valence-corrected chi connectivity index (χ4v) is 3.10. The number of amides is 1. The SMILES string of the molecule is COC(=O)c1ccccc1NC(=O)c1nnn(-c2ccccc2)c1-c1ccccc1. The summed E-state index contributed by atoms with van der Waals surface area (Å²) in [6, 6.07) is 25.5. The van der Waals surface area contributed by atoms with Gasteiger partial charge in [-0.15, -0.1) is 5.10 Å². The third-order valence-corrected chi connectivity index (χ3v) is 4.51. The standard InChI is InChI=1S/C23H18N4O3/c1-30-23(29)18-14-8-9-15-19(18)24-22(28)20-21(16-10-4-2-5-11-16)27(26-25-20)17-12-6-3-7-13-17/h2-15H,1H3,(H,24,28). The van der Waals surface area contributed by atoms with E-state index in [0.717, 1.165) is 11.3 Å². The molecular formula is C23H18N4O3. The van der Waals surface area contributed by atoms with Gasteiger partial charge in [-0.2, -0.15) is 0 Å². The lowest BCUT2D eigenvalue weighted by Crippen LogP contribution is -2.17. The zero-order chi connectivity index (χ0) is 20.9. The van der Waals surface area contributed by atoms with Gasteiger partial charge in [0.15, 0.2) is 5.69 Å². The van der Waals surface area contributed by atoms with Gasteiger partial charge in [0.1, 0.15) is 5.69 Å². The van der Waals surface area contributed by atoms with Crippen molar-refractivity contribution < 1.29 is 14.3 Å². The lowest BCUT2D eigenvalue weighted by molar-refractivity contribution is 0.0602. The van der Waals surface area contributed by atoms with Gasteiger partial charge in [0.25, 0.3) is 5.91 Å². The van der Waals surface area contributed by atoms with Crippen molar-refractivity contribution in [1.29, 1.82) is 0 Å². The minimum Gasteiger partial charge on any atom is -0.465 e. The van der Waals surface area contributed by atoms with Crippen molar-refractivity contribution in [3.63, 3.8) is 0 Å². The van der Waals surface area contributed by atoms with Gasteiger partial charge in [-0.1, -0.05) is 65.9 Å². The predicted octanol–water partition coefficient (Wildman–Crippen LogP) is 3.97. The molecule has 0 fully saturated rings. The van der Waals surface area contributed by atoms with E-state index in [1.165, 1.54) is 7.11 Å². The average molecular weight is 398 g/mol. The van der Waals surface area contributed by atoms with E-state index >= 15 is 0 Å². The fourth-order valence-electron chi connectivity index (χ4n) is 3.10. The number of para-hydroxylation sites is 2. The molecule has 0 bridgehead atoms. The first kappa shape index (κ1) is 19.1. The van der Waals surface area contributed by atoms with Crippen molar-refractivity contribution in [3.8, 4) is 16.9 Å². The molecule has 0 atom stereocenters. The van der Waals surface area contributed by atoms with Gasteiger partial charge < -0.3 is 10.1 Å². The van der Waals surface area contributed by atoms with E-state index < -0.39 is 11.9 Å². The molecule has 0 saturated carbocycles. The van der Waals surface area contributed by atoms with Gasteiger partial charge in [-0.05, 0) is 24.3 Å². The first-order valence-electron chi connectivity index (χ1n) is 9.24. The average Bonchev–Trinajstić information content (AvgIpc) is 3.25. The maximum atomic E-state index is 13.1. The molecule has 0 aliphatic rings. The van der Waals surface area contributed by atoms with Crippen LogP contribution in [-0.2, 0) is 4.74 Å². The molecule has 0 unspecified atom stereocenters. The van der Waals surface area contributed by atoms with Crippen molar-refractivity contribution in [3.05, 3.63) is 96.2 Å². The van der Waals surface area contributed by atoms with Crippen LogP contribution in [0.1, 0.15) is 20.8 Å². The molecule has 30 heavy (non-hydrogen) atoms. The highest BCUT2D eigenvalue weighted by Crippen LogP contribution is 2.26. The van der Waals surface area contributed by atoms with Crippen LogP contribution in [0, 0.1) is 0 Å². The summed E-state index contributed by atoms with van der Waals surface area (Å²) >= 11 is 0. The number of hydrogen-bond donors (Lipinski definition) is 1. The van der Waals surface area contributed by atoms with Crippen LogP contribution in [-0.4, -0.2) is 34.0 Å². The van der Waals surface area contributed by atoms with Crippen LogP contribution in [0.25, 0.3) is 16.9 Å². The van der Waals surface area contributed by atoms with E-state index in [-0.39, 0.29) is 11.3 Å². The Kier molecular flexibility index (Phi) is 5.34. The molecule has 1 N–H and O–H groups in total. The van der Waals surface area contributed by atoms with Crippen LogP contribution in [0.4, 0.5) is 5.69 Å².